The molecule has 0 aliphatic rings. The van der Waals surface area contributed by atoms with Crippen molar-refractivity contribution in [1.82, 2.24) is 4.98 Å². The standard InChI is InChI=1S/C13H9ClFNO2/c14-11-6-5-10(7-12(17)18)16-13(11)8-1-3-9(15)4-2-8/h1-6H,7H2,(H,17,18). The normalized spacial score (nSPS) is 10.3. The molecular weight excluding hydrogens is 257 g/mol. The number of pyridine rings is 1. The Hall–Kier alpha value is -1.94. The number of carboxylic acid groups (broad SMARTS) is 1. The molecule has 92 valence electrons. The summed E-state index contributed by atoms with van der Waals surface area (Å²) >= 11 is 6.00. The van der Waals surface area contributed by atoms with Gasteiger partial charge in [0.1, 0.15) is 5.82 Å². The Kier molecular flexibility index (Phi) is 3.58. The second-order valence-corrected chi connectivity index (χ2v) is 4.12. The van der Waals surface area contributed by atoms with E-state index in [1.165, 1.54) is 12.1 Å². The molecule has 1 aromatic carbocycles. The summed E-state index contributed by atoms with van der Waals surface area (Å²) in [5.41, 5.74) is 1.51. The highest BCUT2D eigenvalue weighted by Crippen LogP contribution is 2.26. The minimum atomic E-state index is -0.963. The Morgan fingerprint density at radius 2 is 1.89 bits per heavy atom. The van der Waals surface area contributed by atoms with E-state index >= 15 is 0 Å². The first-order valence-corrected chi connectivity index (χ1v) is 5.57. The summed E-state index contributed by atoms with van der Waals surface area (Å²) < 4.78 is 12.8. The molecule has 5 heteroatoms. The van der Waals surface area contributed by atoms with Crippen LogP contribution in [0, 0.1) is 5.82 Å². The maximum atomic E-state index is 12.8. The zero-order valence-electron chi connectivity index (χ0n) is 9.23. The van der Waals surface area contributed by atoms with Crippen molar-refractivity contribution in [2.45, 2.75) is 6.42 Å². The smallest absolute Gasteiger partial charge is 0.309 e. The van der Waals surface area contributed by atoms with E-state index in [0.717, 1.165) is 0 Å². The van der Waals surface area contributed by atoms with E-state index in [-0.39, 0.29) is 12.2 Å². The summed E-state index contributed by atoms with van der Waals surface area (Å²) in [6.45, 7) is 0. The monoisotopic (exact) mass is 265 g/mol. The average molecular weight is 266 g/mol. The minimum Gasteiger partial charge on any atom is -0.481 e. The van der Waals surface area contributed by atoms with E-state index in [2.05, 4.69) is 4.98 Å². The number of hydrogen-bond acceptors (Lipinski definition) is 2. The van der Waals surface area contributed by atoms with Crippen LogP contribution in [0.15, 0.2) is 36.4 Å². The van der Waals surface area contributed by atoms with E-state index in [9.17, 15) is 9.18 Å². The Morgan fingerprint density at radius 1 is 1.22 bits per heavy atom. The van der Waals surface area contributed by atoms with Crippen LogP contribution in [0.5, 0.6) is 0 Å². The third-order valence-corrected chi connectivity index (χ3v) is 2.66. The SMILES string of the molecule is O=C(O)Cc1ccc(Cl)c(-c2ccc(F)cc2)n1. The predicted octanol–water partition coefficient (Wildman–Crippen LogP) is 3.17. The Bertz CT molecular complexity index is 584. The molecule has 0 bridgehead atoms. The molecule has 0 radical (unpaired) electrons. The summed E-state index contributed by atoms with van der Waals surface area (Å²) in [4.78, 5) is 14.8. The maximum absolute atomic E-state index is 12.8. The zero-order valence-corrected chi connectivity index (χ0v) is 9.99. The van der Waals surface area contributed by atoms with Crippen LogP contribution in [-0.4, -0.2) is 16.1 Å². The van der Waals surface area contributed by atoms with Gasteiger partial charge >= 0.3 is 5.97 Å². The van der Waals surface area contributed by atoms with Crippen LogP contribution >= 0.6 is 11.6 Å². The van der Waals surface area contributed by atoms with Gasteiger partial charge in [0.05, 0.1) is 22.8 Å². The van der Waals surface area contributed by atoms with Gasteiger partial charge in [-0.3, -0.25) is 9.78 Å². The fourth-order valence-corrected chi connectivity index (χ4v) is 1.76. The van der Waals surface area contributed by atoms with Gasteiger partial charge < -0.3 is 5.11 Å². The predicted molar refractivity (Wildman–Crippen MR) is 66.0 cm³/mol. The van der Waals surface area contributed by atoms with Gasteiger partial charge in [0.2, 0.25) is 0 Å². The molecule has 2 aromatic rings. The Labute approximate surface area is 108 Å². The highest BCUT2D eigenvalue weighted by atomic mass is 35.5. The molecule has 0 amide bonds. The van der Waals surface area contributed by atoms with Crippen molar-refractivity contribution in [3.8, 4) is 11.3 Å². The number of hydrogen-bond donors (Lipinski definition) is 1. The number of benzene rings is 1. The van der Waals surface area contributed by atoms with E-state index in [4.69, 9.17) is 16.7 Å². The van der Waals surface area contributed by atoms with Gasteiger partial charge in [-0.2, -0.15) is 0 Å². The molecule has 0 aliphatic heterocycles. The summed E-state index contributed by atoms with van der Waals surface area (Å²) in [5.74, 6) is -1.31. The maximum Gasteiger partial charge on any atom is 0.309 e. The first-order valence-electron chi connectivity index (χ1n) is 5.19. The molecule has 0 unspecified atom stereocenters. The van der Waals surface area contributed by atoms with Gasteiger partial charge in [0.15, 0.2) is 0 Å². The zero-order chi connectivity index (χ0) is 13.1. The van der Waals surface area contributed by atoms with E-state index in [1.54, 1.807) is 24.3 Å². The largest absolute Gasteiger partial charge is 0.481 e. The highest BCUT2D eigenvalue weighted by Gasteiger charge is 2.09. The number of carboxylic acids is 1. The van der Waals surface area contributed by atoms with Crippen LogP contribution in [0.4, 0.5) is 4.39 Å². The second kappa shape index (κ2) is 5.14. The van der Waals surface area contributed by atoms with Gasteiger partial charge in [-0.25, -0.2) is 4.39 Å². The number of aliphatic carboxylic acids is 1. The number of aromatic nitrogens is 1. The lowest BCUT2D eigenvalue weighted by Gasteiger charge is -2.05. The van der Waals surface area contributed by atoms with Crippen LogP contribution in [-0.2, 0) is 11.2 Å². The van der Waals surface area contributed by atoms with E-state index in [0.29, 0.717) is 22.0 Å². The summed E-state index contributed by atoms with van der Waals surface area (Å²) in [6.07, 6.45) is -0.175. The fourth-order valence-electron chi connectivity index (χ4n) is 1.55. The van der Waals surface area contributed by atoms with Crippen LogP contribution in [0.2, 0.25) is 5.02 Å². The lowest BCUT2D eigenvalue weighted by atomic mass is 10.1. The van der Waals surface area contributed by atoms with Crippen molar-refractivity contribution in [1.29, 1.82) is 0 Å². The van der Waals surface area contributed by atoms with Crippen molar-refractivity contribution in [3.63, 3.8) is 0 Å². The van der Waals surface area contributed by atoms with Crippen LogP contribution in [0.25, 0.3) is 11.3 Å². The number of halogens is 2. The number of carbonyl (C=O) groups is 1. The van der Waals surface area contributed by atoms with Gasteiger partial charge in [-0.1, -0.05) is 11.6 Å². The second-order valence-electron chi connectivity index (χ2n) is 3.71. The first kappa shape index (κ1) is 12.5. The molecule has 18 heavy (non-hydrogen) atoms. The quantitative estimate of drug-likeness (QED) is 0.927. The van der Waals surface area contributed by atoms with Crippen molar-refractivity contribution < 1.29 is 14.3 Å². The highest BCUT2D eigenvalue weighted by molar-refractivity contribution is 6.33. The molecule has 0 atom stereocenters. The summed E-state index contributed by atoms with van der Waals surface area (Å²) in [5, 5.41) is 9.11. The molecule has 3 nitrogen and oxygen atoms in total. The van der Waals surface area contributed by atoms with Gasteiger partial charge in [-0.15, -0.1) is 0 Å². The van der Waals surface area contributed by atoms with Crippen LogP contribution < -0.4 is 0 Å². The van der Waals surface area contributed by atoms with E-state index in [1.807, 2.05) is 0 Å². The molecule has 0 fully saturated rings. The van der Waals surface area contributed by atoms with Gasteiger partial charge in [0, 0.05) is 5.56 Å². The summed E-state index contributed by atoms with van der Waals surface area (Å²) in [7, 11) is 0. The molecule has 1 aromatic heterocycles. The molecule has 0 saturated heterocycles. The molecule has 1 heterocycles. The first-order chi connectivity index (χ1) is 8.56. The van der Waals surface area contributed by atoms with Crippen LogP contribution in [0.1, 0.15) is 5.69 Å². The number of nitrogens with zero attached hydrogens (tertiary/aromatic N) is 1. The third-order valence-electron chi connectivity index (χ3n) is 2.35. The van der Waals surface area contributed by atoms with Gasteiger partial charge in [0.25, 0.3) is 0 Å². The van der Waals surface area contributed by atoms with Crippen molar-refractivity contribution in [2.24, 2.45) is 0 Å². The molecule has 0 saturated carbocycles. The van der Waals surface area contributed by atoms with Gasteiger partial charge in [-0.05, 0) is 36.4 Å². The molecular formula is C13H9ClFNO2. The minimum absolute atomic E-state index is 0.175. The molecule has 0 aliphatic carbocycles. The molecule has 1 N–H and O–H groups in total. The lowest BCUT2D eigenvalue weighted by Crippen LogP contribution is -2.03. The Balaban J connectivity index is 2.42. The molecule has 0 spiro atoms. The number of rotatable bonds is 3. The fraction of sp³-hybridized carbons (Fsp3) is 0.0769. The Morgan fingerprint density at radius 3 is 2.50 bits per heavy atom. The van der Waals surface area contributed by atoms with Crippen molar-refractivity contribution in [3.05, 3.63) is 52.9 Å². The van der Waals surface area contributed by atoms with Crippen LogP contribution in [0.3, 0.4) is 0 Å². The van der Waals surface area contributed by atoms with E-state index < -0.39 is 5.97 Å². The lowest BCUT2D eigenvalue weighted by molar-refractivity contribution is -0.136. The summed E-state index contributed by atoms with van der Waals surface area (Å²) in [6, 6.07) is 8.85. The topological polar surface area (TPSA) is 50.2 Å². The third kappa shape index (κ3) is 2.84. The van der Waals surface area contributed by atoms with Crippen molar-refractivity contribution in [2.75, 3.05) is 0 Å². The average Bonchev–Trinajstić information content (AvgIpc) is 2.32. The van der Waals surface area contributed by atoms with Crippen molar-refractivity contribution >= 4 is 17.6 Å². The molecule has 2 rings (SSSR count).